The van der Waals surface area contributed by atoms with Crippen LogP contribution in [0, 0.1) is 39.9 Å². The molecule has 0 aromatic carbocycles. The molecule has 1 saturated carbocycles. The Hall–Kier alpha value is -1.47. The van der Waals surface area contributed by atoms with E-state index in [1.165, 1.54) is 23.6 Å². The summed E-state index contributed by atoms with van der Waals surface area (Å²) in [5.74, 6) is 0.877. The van der Waals surface area contributed by atoms with Crippen LogP contribution < -0.4 is 0 Å². The molecule has 6 nitrogen and oxygen atoms in total. The van der Waals surface area contributed by atoms with Crippen LogP contribution in [0.2, 0.25) is 0 Å². The van der Waals surface area contributed by atoms with E-state index in [0.717, 1.165) is 37.7 Å². The van der Waals surface area contributed by atoms with Crippen molar-refractivity contribution in [1.29, 1.82) is 0 Å². The number of rotatable bonds is 9. The third-order valence-electron chi connectivity index (χ3n) is 11.6. The molecule has 1 fully saturated rings. The minimum absolute atomic E-state index is 0.106. The number of hydrogen-bond donors (Lipinski definition) is 2. The fourth-order valence-corrected chi connectivity index (χ4v) is 9.33. The molecule has 6 heteroatoms. The van der Waals surface area contributed by atoms with Gasteiger partial charge < -0.3 is 24.4 Å². The van der Waals surface area contributed by atoms with E-state index in [-0.39, 0.29) is 24.6 Å². The summed E-state index contributed by atoms with van der Waals surface area (Å²) in [4.78, 5) is 12.5. The van der Waals surface area contributed by atoms with Crippen LogP contribution in [0.5, 0.6) is 0 Å². The van der Waals surface area contributed by atoms with Crippen molar-refractivity contribution in [3.8, 4) is 0 Å². The smallest absolute Gasteiger partial charge is 0.303 e. The highest BCUT2D eigenvalue weighted by Gasteiger charge is 2.65. The molecule has 0 radical (unpaired) electrons. The molecule has 4 aliphatic carbocycles. The number of hydrogen-bond acceptors (Lipinski definition) is 6. The molecular weight excluding hydrogens is 504 g/mol. The Morgan fingerprint density at radius 2 is 1.85 bits per heavy atom. The Morgan fingerprint density at radius 3 is 2.45 bits per heavy atom. The van der Waals surface area contributed by atoms with Gasteiger partial charge in [-0.3, -0.25) is 4.79 Å². The van der Waals surface area contributed by atoms with Crippen molar-refractivity contribution in [2.24, 2.45) is 39.9 Å². The van der Waals surface area contributed by atoms with Crippen molar-refractivity contribution in [3.63, 3.8) is 0 Å². The van der Waals surface area contributed by atoms with Gasteiger partial charge >= 0.3 is 5.97 Å². The number of ether oxygens (including phenoxy) is 3. The normalized spacial score (nSPS) is 39.2. The third-order valence-corrected chi connectivity index (χ3v) is 11.6. The summed E-state index contributed by atoms with van der Waals surface area (Å²) in [7, 11) is 1.59. The van der Waals surface area contributed by atoms with Gasteiger partial charge in [-0.1, -0.05) is 66.7 Å². The first-order valence-electron chi connectivity index (χ1n) is 15.4. The Balaban J connectivity index is 1.78. The molecule has 2 N–H and O–H groups in total. The second-order valence-corrected chi connectivity index (χ2v) is 14.5. The average molecular weight is 559 g/mol. The van der Waals surface area contributed by atoms with Gasteiger partial charge in [-0.2, -0.15) is 0 Å². The summed E-state index contributed by atoms with van der Waals surface area (Å²) in [5.41, 5.74) is 3.45. The summed E-state index contributed by atoms with van der Waals surface area (Å²) in [6.07, 6.45) is 5.01. The van der Waals surface area contributed by atoms with Crippen LogP contribution in [-0.4, -0.2) is 54.5 Å². The van der Waals surface area contributed by atoms with Gasteiger partial charge in [-0.25, -0.2) is 0 Å². The first-order valence-corrected chi connectivity index (χ1v) is 15.4. The fraction of sp³-hybridized carbons (Fsp3) is 0.794. The van der Waals surface area contributed by atoms with Crippen molar-refractivity contribution in [3.05, 3.63) is 34.9 Å². The highest BCUT2D eigenvalue weighted by Crippen LogP contribution is 2.67. The van der Waals surface area contributed by atoms with Crippen molar-refractivity contribution < 1.29 is 29.2 Å². The molecule has 0 amide bonds. The largest absolute Gasteiger partial charge is 0.458 e. The van der Waals surface area contributed by atoms with Crippen LogP contribution in [-0.2, 0) is 19.0 Å². The highest BCUT2D eigenvalue weighted by atomic mass is 16.7. The Kier molecular flexibility index (Phi) is 8.90. The molecule has 0 aliphatic heterocycles. The zero-order valence-electron chi connectivity index (χ0n) is 26.4. The van der Waals surface area contributed by atoms with Crippen molar-refractivity contribution in [2.45, 2.75) is 118 Å². The van der Waals surface area contributed by atoms with Gasteiger partial charge in [0.2, 0.25) is 0 Å². The lowest BCUT2D eigenvalue weighted by atomic mass is 9.45. The number of esters is 1. The summed E-state index contributed by atoms with van der Waals surface area (Å²) in [5, 5.41) is 23.7. The lowest BCUT2D eigenvalue weighted by Crippen LogP contribution is -2.63. The first kappa shape index (κ1) is 31.5. The Labute approximate surface area is 242 Å². The molecule has 0 saturated heterocycles. The number of carbonyl (C=O) groups excluding carboxylic acids is 1. The number of methoxy groups -OCH3 is 1. The Morgan fingerprint density at radius 1 is 1.18 bits per heavy atom. The van der Waals surface area contributed by atoms with Gasteiger partial charge in [-0.15, -0.1) is 0 Å². The van der Waals surface area contributed by atoms with Crippen molar-refractivity contribution in [1.82, 2.24) is 0 Å². The maximum Gasteiger partial charge on any atom is 0.303 e. The van der Waals surface area contributed by atoms with Gasteiger partial charge in [0.25, 0.3) is 0 Å². The number of aliphatic hydroxyl groups is 2. The second-order valence-electron chi connectivity index (χ2n) is 14.5. The van der Waals surface area contributed by atoms with E-state index in [0.29, 0.717) is 18.3 Å². The van der Waals surface area contributed by atoms with Crippen LogP contribution in [0.3, 0.4) is 0 Å². The van der Waals surface area contributed by atoms with E-state index in [2.05, 4.69) is 61.1 Å². The second kappa shape index (κ2) is 11.3. The molecule has 4 rings (SSSR count). The summed E-state index contributed by atoms with van der Waals surface area (Å²) < 4.78 is 17.4. The molecule has 0 heterocycles. The van der Waals surface area contributed by atoms with Gasteiger partial charge in [0.05, 0.1) is 12.2 Å². The Bertz CT molecular complexity index is 1050. The maximum atomic E-state index is 12.5. The standard InChI is InChI=1S/C34H54O6/c1-19(2)20(3)11-12-21(4)24-14-15-25-23-13-16-27-32(6,7)30(37)26(39-18-38-10)17-33(27,8)28(23)29(36)31(34(24,25)9)40-22(5)35/h15,19,21,24,26-27,29-31,36-37H,3,11-14,16-18H2,1-2,4-10H3/t21-,24-,26-,27?,29-,30+,31+,33?,34?/m1/s1. The summed E-state index contributed by atoms with van der Waals surface area (Å²) in [6, 6.07) is 0. The third kappa shape index (κ3) is 4.95. The molecule has 0 spiro atoms. The van der Waals surface area contributed by atoms with Crippen LogP contribution >= 0.6 is 0 Å². The molecule has 4 aliphatic rings. The average Bonchev–Trinajstić information content (AvgIpc) is 3.23. The van der Waals surface area contributed by atoms with E-state index in [9.17, 15) is 15.0 Å². The molecule has 9 atom stereocenters. The topological polar surface area (TPSA) is 85.2 Å². The monoisotopic (exact) mass is 558 g/mol. The quantitative estimate of drug-likeness (QED) is 0.194. The molecule has 3 unspecified atom stereocenters. The van der Waals surface area contributed by atoms with E-state index >= 15 is 0 Å². The van der Waals surface area contributed by atoms with Crippen LogP contribution in [0.25, 0.3) is 0 Å². The molecule has 40 heavy (non-hydrogen) atoms. The minimum Gasteiger partial charge on any atom is -0.458 e. The lowest BCUT2D eigenvalue weighted by Gasteiger charge is -2.62. The van der Waals surface area contributed by atoms with Gasteiger partial charge in [0, 0.05) is 19.4 Å². The maximum absolute atomic E-state index is 12.5. The fourth-order valence-electron chi connectivity index (χ4n) is 9.33. The molecule has 0 aromatic heterocycles. The van der Waals surface area contributed by atoms with Crippen LogP contribution in [0.4, 0.5) is 0 Å². The molecule has 0 bridgehead atoms. The van der Waals surface area contributed by atoms with Crippen molar-refractivity contribution in [2.75, 3.05) is 13.9 Å². The highest BCUT2D eigenvalue weighted by molar-refractivity contribution is 5.67. The molecule has 0 aromatic rings. The van der Waals surface area contributed by atoms with E-state index < -0.39 is 40.7 Å². The number of aliphatic hydroxyl groups excluding tert-OH is 2. The van der Waals surface area contributed by atoms with Crippen LogP contribution in [0.1, 0.15) is 93.9 Å². The van der Waals surface area contributed by atoms with E-state index in [1.54, 1.807) is 7.11 Å². The van der Waals surface area contributed by atoms with Crippen molar-refractivity contribution >= 4 is 5.97 Å². The SMILES string of the molecule is C=C(CC[C@@H](C)[C@H]1CC=C2C3=C([C@@H](O)[C@H](OC(C)=O)C21C)C1(C)C[C@@H](OCOC)[C@H](O)C(C)(C)C1CC3)C(C)C. The zero-order chi connectivity index (χ0) is 29.8. The summed E-state index contributed by atoms with van der Waals surface area (Å²) in [6.45, 7) is 21.2. The first-order chi connectivity index (χ1) is 18.6. The van der Waals surface area contributed by atoms with Gasteiger partial charge in [0.1, 0.15) is 19.0 Å². The number of allylic oxidation sites excluding steroid dienone is 3. The van der Waals surface area contributed by atoms with Gasteiger partial charge in [0.15, 0.2) is 0 Å². The molecule has 226 valence electrons. The number of fused-ring (bicyclic) bond motifs is 4. The predicted octanol–water partition coefficient (Wildman–Crippen LogP) is 6.37. The van der Waals surface area contributed by atoms with E-state index in [1.807, 2.05) is 0 Å². The van der Waals surface area contributed by atoms with Crippen LogP contribution in [0.15, 0.2) is 34.9 Å². The predicted molar refractivity (Wildman–Crippen MR) is 157 cm³/mol. The molecular formula is C34H54O6. The summed E-state index contributed by atoms with van der Waals surface area (Å²) >= 11 is 0. The zero-order valence-corrected chi connectivity index (χ0v) is 26.4. The van der Waals surface area contributed by atoms with E-state index in [4.69, 9.17) is 14.2 Å². The minimum atomic E-state index is -0.915. The lowest BCUT2D eigenvalue weighted by molar-refractivity contribution is -0.205. The number of carbonyl (C=O) groups is 1. The van der Waals surface area contributed by atoms with Gasteiger partial charge in [-0.05, 0) is 89.7 Å².